The standard InChI is InChI=1S/2C10H23O2PS2.Zn/c2*1-7-9(3,4)12-13(11,14)15-10(5,6)8-2;/h2*7-8H2,1-6H3,(H,11,14);/q;;+2/p-2. The predicted molar refractivity (Wildman–Crippen MR) is 143 cm³/mol. The van der Waals surface area contributed by atoms with Crippen LogP contribution in [0.15, 0.2) is 0 Å². The van der Waals surface area contributed by atoms with E-state index >= 15 is 0 Å². The number of rotatable bonds is 12. The van der Waals surface area contributed by atoms with E-state index in [1.807, 2.05) is 69.2 Å². The second-order valence-electron chi connectivity index (χ2n) is 9.71. The second kappa shape index (κ2) is 14.9. The minimum absolute atomic E-state index is 0. The van der Waals surface area contributed by atoms with Crippen LogP contribution >= 0.6 is 34.2 Å². The van der Waals surface area contributed by atoms with Crippen LogP contribution in [0.3, 0.4) is 0 Å². The Bertz CT molecular complexity index is 518. The normalized spacial score (nSPS) is 17.0. The molecule has 0 aliphatic carbocycles. The van der Waals surface area contributed by atoms with Crippen LogP contribution in [0.1, 0.15) is 109 Å². The molecule has 0 fully saturated rings. The van der Waals surface area contributed by atoms with E-state index in [9.17, 15) is 9.79 Å². The molecule has 0 saturated carbocycles. The first kappa shape index (κ1) is 38.0. The van der Waals surface area contributed by atoms with E-state index in [2.05, 4.69) is 13.8 Å². The van der Waals surface area contributed by atoms with E-state index in [0.717, 1.165) is 25.7 Å². The molecule has 0 rings (SSSR count). The van der Waals surface area contributed by atoms with Gasteiger partial charge >= 0.3 is 19.5 Å². The Balaban J connectivity index is -0.000000490. The maximum atomic E-state index is 12.1. The van der Waals surface area contributed by atoms with Crippen LogP contribution in [0, 0.1) is 0 Å². The summed E-state index contributed by atoms with van der Waals surface area (Å²) in [6.45, 7) is 24.0. The van der Waals surface area contributed by atoms with Gasteiger partial charge in [0.1, 0.15) is 0 Å². The zero-order valence-corrected chi connectivity index (χ0v) is 29.7. The van der Waals surface area contributed by atoms with Gasteiger partial charge in [0.05, 0.1) is 11.2 Å². The Morgan fingerprint density at radius 1 is 0.613 bits per heavy atom. The molecular formula is C20H44O4P2S4Zn. The maximum absolute atomic E-state index is 12.1. The third kappa shape index (κ3) is 20.4. The summed E-state index contributed by atoms with van der Waals surface area (Å²) in [4.78, 5) is 24.2. The predicted octanol–water partition coefficient (Wildman–Crippen LogP) is 7.39. The van der Waals surface area contributed by atoms with Gasteiger partial charge in [-0.15, -0.1) is 22.8 Å². The van der Waals surface area contributed by atoms with Gasteiger partial charge in [0.2, 0.25) is 0 Å². The third-order valence-electron chi connectivity index (χ3n) is 4.84. The molecular weight excluding hydrogens is 560 g/mol. The summed E-state index contributed by atoms with van der Waals surface area (Å²) < 4.78 is 10.9. The second-order valence-corrected chi connectivity index (χ2v) is 22.7. The van der Waals surface area contributed by atoms with Crippen LogP contribution in [0.4, 0.5) is 0 Å². The van der Waals surface area contributed by atoms with Crippen molar-refractivity contribution in [2.75, 3.05) is 0 Å². The summed E-state index contributed by atoms with van der Waals surface area (Å²) >= 11 is 12.7. The van der Waals surface area contributed by atoms with Crippen LogP contribution in [0.2, 0.25) is 0 Å². The molecule has 0 spiro atoms. The molecule has 0 aromatic rings. The zero-order chi connectivity index (χ0) is 24.7. The van der Waals surface area contributed by atoms with E-state index in [-0.39, 0.29) is 29.0 Å². The molecule has 0 aromatic carbocycles. The molecule has 0 amide bonds. The minimum Gasteiger partial charge on any atom is -0.793 e. The average molecular weight is 604 g/mol. The Hall–Kier alpha value is 2.46. The molecule has 11 heteroatoms. The fourth-order valence-corrected chi connectivity index (χ4v) is 15.2. The number of hydrogen-bond acceptors (Lipinski definition) is 8. The molecule has 0 aliphatic heterocycles. The smallest absolute Gasteiger partial charge is 0.793 e. The zero-order valence-electron chi connectivity index (χ0n) is 21.7. The largest absolute Gasteiger partial charge is 2.00 e. The van der Waals surface area contributed by atoms with Crippen molar-refractivity contribution in [3.63, 3.8) is 0 Å². The molecule has 0 aliphatic rings. The molecule has 31 heavy (non-hydrogen) atoms. The van der Waals surface area contributed by atoms with E-state index < -0.39 is 22.6 Å². The van der Waals surface area contributed by atoms with Crippen molar-refractivity contribution in [1.29, 1.82) is 0 Å². The van der Waals surface area contributed by atoms with Gasteiger partial charge in [-0.25, -0.2) is 0 Å². The van der Waals surface area contributed by atoms with Crippen LogP contribution in [0.5, 0.6) is 0 Å². The van der Waals surface area contributed by atoms with Gasteiger partial charge in [0, 0.05) is 20.9 Å². The summed E-state index contributed by atoms with van der Waals surface area (Å²) in [6.07, 6.45) is 3.46. The Morgan fingerprint density at radius 2 is 0.839 bits per heavy atom. The summed E-state index contributed by atoms with van der Waals surface area (Å²) in [5.74, 6) is 0. The summed E-state index contributed by atoms with van der Waals surface area (Å²) in [5, 5.41) is 0. The molecule has 184 valence electrons. The van der Waals surface area contributed by atoms with E-state index in [4.69, 9.17) is 32.7 Å². The van der Waals surface area contributed by atoms with Crippen LogP contribution < -0.4 is 9.79 Å². The van der Waals surface area contributed by atoms with Gasteiger partial charge in [0.15, 0.2) is 0 Å². The van der Waals surface area contributed by atoms with Crippen LogP contribution in [0.25, 0.3) is 0 Å². The first-order valence-electron chi connectivity index (χ1n) is 10.5. The molecule has 2 unspecified atom stereocenters. The average Bonchev–Trinajstić information content (AvgIpc) is 2.51. The molecule has 0 radical (unpaired) electrons. The van der Waals surface area contributed by atoms with Crippen molar-refractivity contribution in [3.05, 3.63) is 0 Å². The summed E-state index contributed by atoms with van der Waals surface area (Å²) in [7, 11) is 0. The van der Waals surface area contributed by atoms with Gasteiger partial charge in [-0.3, -0.25) is 0 Å². The maximum Gasteiger partial charge on any atom is 2.00 e. The van der Waals surface area contributed by atoms with Crippen molar-refractivity contribution in [3.8, 4) is 0 Å². The third-order valence-corrected chi connectivity index (χ3v) is 14.8. The molecule has 0 bridgehead atoms. The Morgan fingerprint density at radius 3 is 1.00 bits per heavy atom. The first-order chi connectivity index (χ1) is 13.1. The molecule has 0 heterocycles. The minimum atomic E-state index is -2.97. The molecule has 0 aromatic heterocycles. The van der Waals surface area contributed by atoms with Crippen molar-refractivity contribution in [2.24, 2.45) is 0 Å². The summed E-state index contributed by atoms with van der Waals surface area (Å²) in [5.41, 5.74) is -6.73. The van der Waals surface area contributed by atoms with Gasteiger partial charge in [-0.2, -0.15) is 0 Å². The molecule has 4 nitrogen and oxygen atoms in total. The topological polar surface area (TPSA) is 64.6 Å². The van der Waals surface area contributed by atoms with Gasteiger partial charge in [-0.05, 0) is 53.4 Å². The van der Waals surface area contributed by atoms with E-state index in [1.54, 1.807) is 0 Å². The van der Waals surface area contributed by atoms with Crippen LogP contribution in [-0.2, 0) is 52.1 Å². The quantitative estimate of drug-likeness (QED) is 0.169. The molecule has 0 N–H and O–H groups in total. The first-order valence-corrected chi connectivity index (χ1v) is 18.6. The van der Waals surface area contributed by atoms with Crippen molar-refractivity contribution in [1.82, 2.24) is 0 Å². The van der Waals surface area contributed by atoms with Crippen molar-refractivity contribution < 1.29 is 38.3 Å². The molecule has 0 saturated heterocycles. The van der Waals surface area contributed by atoms with Gasteiger partial charge in [0.25, 0.3) is 0 Å². The Labute approximate surface area is 224 Å². The van der Waals surface area contributed by atoms with Gasteiger partial charge < -0.3 is 18.8 Å². The van der Waals surface area contributed by atoms with E-state index in [1.165, 1.54) is 22.8 Å². The fourth-order valence-electron chi connectivity index (χ4n) is 1.51. The van der Waals surface area contributed by atoms with Gasteiger partial charge in [-0.1, -0.05) is 79.0 Å². The monoisotopic (exact) mass is 602 g/mol. The van der Waals surface area contributed by atoms with Crippen LogP contribution in [-0.4, -0.2) is 20.7 Å². The Kier molecular flexibility index (Phi) is 18.2. The fraction of sp³-hybridized carbons (Fsp3) is 1.00. The van der Waals surface area contributed by atoms with E-state index in [0.29, 0.717) is 0 Å². The van der Waals surface area contributed by atoms with Crippen molar-refractivity contribution in [2.45, 2.75) is 129 Å². The van der Waals surface area contributed by atoms with Crippen molar-refractivity contribution >= 4 is 57.8 Å². The SMILES string of the molecule is CCC(C)(C)OP([O-])(=S)SC(C)(C)CC.CCC(C)(C)OP([O-])(=S)SC(C)(C)CC.[Zn+2]. The summed E-state index contributed by atoms with van der Waals surface area (Å²) in [6, 6.07) is 0. The molecule has 2 atom stereocenters. The number of hydrogen-bond donors (Lipinski definition) is 0.